The quantitative estimate of drug-likeness (QED) is 0.839. The van der Waals surface area contributed by atoms with Gasteiger partial charge in [0.2, 0.25) is 0 Å². The van der Waals surface area contributed by atoms with E-state index < -0.39 is 17.7 Å². The average Bonchev–Trinajstić information content (AvgIpc) is 2.33. The number of benzene rings is 1. The fourth-order valence-electron chi connectivity index (χ4n) is 2.18. The van der Waals surface area contributed by atoms with Gasteiger partial charge in [0.25, 0.3) is 0 Å². The van der Waals surface area contributed by atoms with E-state index in [1.54, 1.807) is 0 Å². The Morgan fingerprint density at radius 3 is 2.10 bits per heavy atom. The van der Waals surface area contributed by atoms with Gasteiger partial charge in [-0.05, 0) is 50.5 Å². The fourth-order valence-corrected chi connectivity index (χ4v) is 2.18. The second-order valence-corrected chi connectivity index (χ2v) is 5.15. The summed E-state index contributed by atoms with van der Waals surface area (Å²) in [7, 11) is 0. The Balaban J connectivity index is 2.00. The Kier molecular flexibility index (Phi) is 3.93. The van der Waals surface area contributed by atoms with Crippen molar-refractivity contribution in [2.24, 2.45) is 0 Å². The number of hydrogen-bond donors (Lipinski definition) is 2. The van der Waals surface area contributed by atoms with Gasteiger partial charge >= 0.3 is 12.2 Å². The number of rotatable bonds is 3. The van der Waals surface area contributed by atoms with Crippen molar-refractivity contribution < 1.29 is 22.8 Å². The third-order valence-electron chi connectivity index (χ3n) is 3.65. The fraction of sp³-hybridized carbons (Fsp3) is 0.429. The van der Waals surface area contributed by atoms with Crippen LogP contribution in [-0.4, -0.2) is 23.5 Å². The van der Waals surface area contributed by atoms with E-state index in [2.05, 4.69) is 5.32 Å². The van der Waals surface area contributed by atoms with E-state index in [1.165, 1.54) is 31.2 Å². The molecule has 0 saturated heterocycles. The van der Waals surface area contributed by atoms with Crippen molar-refractivity contribution in [1.29, 1.82) is 0 Å². The van der Waals surface area contributed by atoms with Crippen molar-refractivity contribution in [2.75, 3.05) is 5.32 Å². The molecule has 0 heterocycles. The highest BCUT2D eigenvalue weighted by atomic mass is 19.4. The van der Waals surface area contributed by atoms with Gasteiger partial charge in [0.15, 0.2) is 5.78 Å². The molecule has 1 aliphatic rings. The lowest BCUT2D eigenvalue weighted by atomic mass is 9.76. The lowest BCUT2D eigenvalue weighted by molar-refractivity contribution is -0.214. The Labute approximate surface area is 119 Å². The summed E-state index contributed by atoms with van der Waals surface area (Å²) in [5, 5.41) is 4.36. The van der Waals surface area contributed by atoms with Crippen LogP contribution in [0.3, 0.4) is 0 Å². The lowest BCUT2D eigenvalue weighted by Gasteiger charge is -2.43. The number of hydrogen-bond acceptors (Lipinski definition) is 2. The highest BCUT2D eigenvalue weighted by molar-refractivity contribution is 5.95. The molecular formula is C14H15F3N2O2. The van der Waals surface area contributed by atoms with Crippen LogP contribution in [0.25, 0.3) is 0 Å². The van der Waals surface area contributed by atoms with E-state index in [0.717, 1.165) is 0 Å². The minimum absolute atomic E-state index is 0.104. The predicted molar refractivity (Wildman–Crippen MR) is 71.2 cm³/mol. The first-order valence-corrected chi connectivity index (χ1v) is 6.50. The molecule has 114 valence electrons. The summed E-state index contributed by atoms with van der Waals surface area (Å²) in [6, 6.07) is 5.04. The van der Waals surface area contributed by atoms with Crippen LogP contribution in [-0.2, 0) is 0 Å². The molecule has 0 aliphatic heterocycles. The molecule has 7 heteroatoms. The number of amides is 2. The zero-order chi connectivity index (χ0) is 15.7. The topological polar surface area (TPSA) is 58.2 Å². The second-order valence-electron chi connectivity index (χ2n) is 5.15. The number of carbonyl (C=O) groups excluding carboxylic acids is 2. The molecule has 1 aromatic rings. The molecule has 2 amide bonds. The van der Waals surface area contributed by atoms with Crippen LogP contribution in [0.15, 0.2) is 24.3 Å². The lowest BCUT2D eigenvalue weighted by Crippen LogP contribution is -2.63. The average molecular weight is 300 g/mol. The van der Waals surface area contributed by atoms with Crippen LogP contribution in [0.2, 0.25) is 0 Å². The number of urea groups is 1. The van der Waals surface area contributed by atoms with Gasteiger partial charge in [0, 0.05) is 11.3 Å². The van der Waals surface area contributed by atoms with E-state index in [1.807, 2.05) is 5.32 Å². The number of alkyl halides is 3. The second kappa shape index (κ2) is 5.38. The molecule has 1 saturated carbocycles. The molecule has 0 aromatic heterocycles. The highest BCUT2D eigenvalue weighted by Crippen LogP contribution is 2.45. The first kappa shape index (κ1) is 15.3. The maximum atomic E-state index is 12.9. The largest absolute Gasteiger partial charge is 0.411 e. The van der Waals surface area contributed by atoms with Gasteiger partial charge in [-0.25, -0.2) is 4.79 Å². The molecule has 2 N–H and O–H groups in total. The van der Waals surface area contributed by atoms with Crippen molar-refractivity contribution >= 4 is 17.5 Å². The first-order chi connectivity index (χ1) is 9.73. The maximum Gasteiger partial charge on any atom is 0.411 e. The van der Waals surface area contributed by atoms with Crippen LogP contribution in [0, 0.1) is 0 Å². The van der Waals surface area contributed by atoms with E-state index in [-0.39, 0.29) is 18.6 Å². The molecule has 0 bridgehead atoms. The molecule has 0 spiro atoms. The predicted octanol–water partition coefficient (Wildman–Crippen LogP) is 3.50. The van der Waals surface area contributed by atoms with Crippen molar-refractivity contribution in [1.82, 2.24) is 5.32 Å². The van der Waals surface area contributed by atoms with E-state index in [9.17, 15) is 22.8 Å². The van der Waals surface area contributed by atoms with Gasteiger partial charge in [-0.2, -0.15) is 13.2 Å². The highest BCUT2D eigenvalue weighted by Gasteiger charge is 2.59. The van der Waals surface area contributed by atoms with E-state index in [0.29, 0.717) is 17.7 Å². The van der Waals surface area contributed by atoms with Gasteiger partial charge in [-0.3, -0.25) is 4.79 Å². The Hall–Kier alpha value is -2.05. The smallest absolute Gasteiger partial charge is 0.323 e. The van der Waals surface area contributed by atoms with E-state index in [4.69, 9.17) is 0 Å². The number of halogens is 3. The van der Waals surface area contributed by atoms with E-state index >= 15 is 0 Å². The summed E-state index contributed by atoms with van der Waals surface area (Å²) in [5.74, 6) is -0.128. The molecule has 4 nitrogen and oxygen atoms in total. The minimum Gasteiger partial charge on any atom is -0.323 e. The maximum absolute atomic E-state index is 12.9. The first-order valence-electron chi connectivity index (χ1n) is 6.50. The zero-order valence-electron chi connectivity index (χ0n) is 11.4. The Bertz CT molecular complexity index is 548. The minimum atomic E-state index is -4.46. The summed E-state index contributed by atoms with van der Waals surface area (Å²) in [5.41, 5.74) is -1.32. The van der Waals surface area contributed by atoms with Crippen LogP contribution in [0.4, 0.5) is 23.7 Å². The Morgan fingerprint density at radius 1 is 1.14 bits per heavy atom. The van der Waals surface area contributed by atoms with Crippen LogP contribution in [0.1, 0.15) is 36.5 Å². The normalized spacial score (nSPS) is 16.8. The van der Waals surface area contributed by atoms with Crippen molar-refractivity contribution in [2.45, 2.75) is 37.9 Å². The number of nitrogens with one attached hydrogen (secondary N) is 2. The summed E-state index contributed by atoms with van der Waals surface area (Å²) < 4.78 is 38.8. The molecule has 1 aliphatic carbocycles. The number of anilines is 1. The number of ketones is 1. The molecule has 1 aromatic carbocycles. The number of carbonyl (C=O) groups is 2. The molecule has 21 heavy (non-hydrogen) atoms. The summed E-state index contributed by atoms with van der Waals surface area (Å²) >= 11 is 0. The van der Waals surface area contributed by atoms with Gasteiger partial charge < -0.3 is 10.6 Å². The van der Waals surface area contributed by atoms with Crippen molar-refractivity contribution in [3.05, 3.63) is 29.8 Å². The summed E-state index contributed by atoms with van der Waals surface area (Å²) in [6.45, 7) is 1.40. The molecular weight excluding hydrogens is 285 g/mol. The summed E-state index contributed by atoms with van der Waals surface area (Å²) in [4.78, 5) is 22.8. The molecule has 0 atom stereocenters. The third-order valence-corrected chi connectivity index (χ3v) is 3.65. The van der Waals surface area contributed by atoms with Crippen molar-refractivity contribution in [3.63, 3.8) is 0 Å². The van der Waals surface area contributed by atoms with Gasteiger partial charge in [0.1, 0.15) is 5.54 Å². The molecule has 1 fully saturated rings. The molecule has 0 unspecified atom stereocenters. The van der Waals surface area contributed by atoms with Crippen LogP contribution >= 0.6 is 0 Å². The van der Waals surface area contributed by atoms with Gasteiger partial charge in [-0.1, -0.05) is 0 Å². The standard InChI is InChI=1S/C14H15F3N2O2/c1-9(20)10-3-5-11(6-4-10)18-12(21)19-13(7-2-8-13)14(15,16)17/h3-6H,2,7-8H2,1H3,(H2,18,19,21). The SMILES string of the molecule is CC(=O)c1ccc(NC(=O)NC2(C(F)(F)F)CCC2)cc1. The van der Waals surface area contributed by atoms with Gasteiger partial charge in [0.05, 0.1) is 0 Å². The molecule has 2 rings (SSSR count). The number of Topliss-reactive ketones (excluding diaryl/α,β-unsaturated/α-hetero) is 1. The van der Waals surface area contributed by atoms with Crippen LogP contribution < -0.4 is 10.6 Å². The summed E-state index contributed by atoms with van der Waals surface area (Å²) in [6.07, 6.45) is -4.23. The van der Waals surface area contributed by atoms with Crippen molar-refractivity contribution in [3.8, 4) is 0 Å². The van der Waals surface area contributed by atoms with Crippen LogP contribution in [0.5, 0.6) is 0 Å². The van der Waals surface area contributed by atoms with Gasteiger partial charge in [-0.15, -0.1) is 0 Å². The zero-order valence-corrected chi connectivity index (χ0v) is 11.4. The molecule has 0 radical (unpaired) electrons. The third kappa shape index (κ3) is 3.17. The Morgan fingerprint density at radius 2 is 1.71 bits per heavy atom. The monoisotopic (exact) mass is 300 g/mol.